The molecule has 2 heterocycles. The molecule has 2 aromatic heterocycles. The number of amides is 3. The van der Waals surface area contributed by atoms with E-state index in [1.54, 1.807) is 35.1 Å². The van der Waals surface area contributed by atoms with Crippen molar-refractivity contribution < 1.29 is 23.5 Å². The van der Waals surface area contributed by atoms with E-state index in [1.807, 2.05) is 48.5 Å². The number of benzene rings is 3. The molecule has 0 saturated heterocycles. The van der Waals surface area contributed by atoms with Crippen molar-refractivity contribution in [1.82, 2.24) is 14.8 Å². The Morgan fingerprint density at radius 3 is 2.18 bits per heavy atom. The van der Waals surface area contributed by atoms with Gasteiger partial charge in [-0.15, -0.1) is 0 Å². The maximum Gasteiger partial charge on any atom is 0.324 e. The molecule has 55 heavy (non-hydrogen) atoms. The Hall–Kier alpha value is -4.75. The second kappa shape index (κ2) is 17.4. The Kier molecular flexibility index (Phi) is 13.1. The lowest BCUT2D eigenvalue weighted by Crippen LogP contribution is -2.47. The van der Waals surface area contributed by atoms with Crippen molar-refractivity contribution in [2.75, 3.05) is 29.7 Å². The van der Waals surface area contributed by atoms with Crippen LogP contribution in [-0.2, 0) is 26.0 Å². The van der Waals surface area contributed by atoms with Crippen LogP contribution in [0.4, 0.5) is 22.1 Å². The summed E-state index contributed by atoms with van der Waals surface area (Å²) >= 11 is 6.93. The molecule has 0 bridgehead atoms. The minimum absolute atomic E-state index is 0.0889. The molecule has 0 unspecified atom stereocenters. The van der Waals surface area contributed by atoms with Crippen LogP contribution in [0.15, 0.2) is 79.0 Å². The van der Waals surface area contributed by atoms with E-state index < -0.39 is 14.3 Å². The summed E-state index contributed by atoms with van der Waals surface area (Å²) in [5, 5.41) is 15.8. The van der Waals surface area contributed by atoms with Crippen LogP contribution in [0.3, 0.4) is 0 Å². The number of carbonyl (C=O) groups is 2. The summed E-state index contributed by atoms with van der Waals surface area (Å²) in [5.41, 5.74) is 4.10. The van der Waals surface area contributed by atoms with Crippen LogP contribution in [0, 0.1) is 0 Å². The highest BCUT2D eigenvalue weighted by Gasteiger charge is 2.45. The lowest BCUT2D eigenvalue weighted by atomic mass is 9.92. The van der Waals surface area contributed by atoms with Gasteiger partial charge < -0.3 is 24.5 Å². The van der Waals surface area contributed by atoms with E-state index in [9.17, 15) is 9.59 Å². The SMILES string of the molecule is COCC(=O)Nc1cc(Oc2ccc(NC(=O)Nc3cc(C(C)(C)C)nn3-c3ccc(CO[Si](C(C)C)(C(C)C)C(C)C)c(Cl)c3)c3ccccc23)ccn1. The van der Waals surface area contributed by atoms with Gasteiger partial charge in [0.1, 0.15) is 29.7 Å². The van der Waals surface area contributed by atoms with Gasteiger partial charge in [-0.2, -0.15) is 5.10 Å². The maximum absolute atomic E-state index is 13.7. The lowest BCUT2D eigenvalue weighted by molar-refractivity contribution is -0.119. The number of fused-ring (bicyclic) bond motifs is 1. The molecule has 3 aromatic carbocycles. The van der Waals surface area contributed by atoms with Crippen LogP contribution < -0.4 is 20.7 Å². The van der Waals surface area contributed by atoms with Gasteiger partial charge in [0.15, 0.2) is 0 Å². The quantitative estimate of drug-likeness (QED) is 0.0956. The molecule has 0 aliphatic rings. The number of rotatable bonds is 14. The van der Waals surface area contributed by atoms with Crippen molar-refractivity contribution in [3.8, 4) is 17.2 Å². The third kappa shape index (κ3) is 9.56. The van der Waals surface area contributed by atoms with E-state index in [0.717, 1.165) is 22.0 Å². The Morgan fingerprint density at radius 2 is 1.55 bits per heavy atom. The number of nitrogens with one attached hydrogen (secondary N) is 3. The smallest absolute Gasteiger partial charge is 0.324 e. The summed E-state index contributed by atoms with van der Waals surface area (Å²) in [7, 11) is -0.645. The van der Waals surface area contributed by atoms with Crippen LogP contribution in [0.2, 0.25) is 21.6 Å². The molecule has 0 atom stereocenters. The van der Waals surface area contributed by atoms with Crippen LogP contribution in [0.25, 0.3) is 16.5 Å². The maximum atomic E-state index is 13.7. The van der Waals surface area contributed by atoms with E-state index in [2.05, 4.69) is 83.2 Å². The number of anilines is 3. The first-order chi connectivity index (χ1) is 26.0. The minimum atomic E-state index is -2.09. The number of hydrogen-bond donors (Lipinski definition) is 3. The molecule has 3 N–H and O–H groups in total. The standard InChI is InChI=1S/C42H53ClN6O5Si/c1-26(2)55(27(3)4,28(5)6)53-24-29-15-16-30(21-34(29)43)49-39(23-37(48-49)42(7,8)9)47-41(51)45-35-17-18-36(33-14-12-11-13-32(33)35)54-31-19-20-44-38(22-31)46-40(50)25-52-10/h11-23,26-28H,24-25H2,1-10H3,(H,44,46,50)(H2,45,47,51). The normalized spacial score (nSPS) is 12.1. The van der Waals surface area contributed by atoms with Gasteiger partial charge in [0.05, 0.1) is 23.7 Å². The first-order valence-electron chi connectivity index (χ1n) is 18.6. The summed E-state index contributed by atoms with van der Waals surface area (Å²) in [4.78, 5) is 29.9. The fourth-order valence-corrected chi connectivity index (χ4v) is 12.9. The first-order valence-corrected chi connectivity index (χ1v) is 21.1. The van der Waals surface area contributed by atoms with Gasteiger partial charge in [-0.05, 0) is 52.5 Å². The zero-order valence-electron chi connectivity index (χ0n) is 33.4. The molecule has 0 radical (unpaired) electrons. The molecule has 0 aliphatic heterocycles. The fourth-order valence-electron chi connectivity index (χ4n) is 7.24. The highest BCUT2D eigenvalue weighted by atomic mass is 35.5. The zero-order valence-corrected chi connectivity index (χ0v) is 35.2. The Morgan fingerprint density at radius 1 is 0.855 bits per heavy atom. The van der Waals surface area contributed by atoms with Crippen molar-refractivity contribution in [3.63, 3.8) is 0 Å². The van der Waals surface area contributed by atoms with E-state index in [4.69, 9.17) is 30.6 Å². The number of halogens is 1. The molecule has 292 valence electrons. The third-order valence-corrected chi connectivity index (χ3v) is 16.2. The summed E-state index contributed by atoms with van der Waals surface area (Å²) in [6.07, 6.45) is 1.55. The van der Waals surface area contributed by atoms with Crippen molar-refractivity contribution in [1.29, 1.82) is 0 Å². The lowest BCUT2D eigenvalue weighted by Gasteiger charge is -2.42. The van der Waals surface area contributed by atoms with Crippen LogP contribution in [-0.4, -0.2) is 48.7 Å². The molecule has 5 aromatic rings. The topological polar surface area (TPSA) is 129 Å². The molecule has 0 aliphatic carbocycles. The second-order valence-electron chi connectivity index (χ2n) is 15.7. The van der Waals surface area contributed by atoms with Crippen molar-refractivity contribution in [2.45, 2.75) is 91.0 Å². The summed E-state index contributed by atoms with van der Waals surface area (Å²) in [6, 6.07) is 21.8. The molecule has 0 spiro atoms. The number of hydrogen-bond acceptors (Lipinski definition) is 7. The molecule has 5 rings (SSSR count). The van der Waals surface area contributed by atoms with E-state index >= 15 is 0 Å². The molecule has 0 saturated carbocycles. The monoisotopic (exact) mass is 784 g/mol. The number of urea groups is 1. The molecule has 13 heteroatoms. The van der Waals surface area contributed by atoms with Crippen LogP contribution in [0.5, 0.6) is 11.5 Å². The number of methoxy groups -OCH3 is 1. The second-order valence-corrected chi connectivity index (χ2v) is 21.5. The summed E-state index contributed by atoms with van der Waals surface area (Å²) in [6.45, 7) is 20.2. The largest absolute Gasteiger partial charge is 0.457 e. The van der Waals surface area contributed by atoms with Gasteiger partial charge in [0.25, 0.3) is 5.91 Å². The van der Waals surface area contributed by atoms with Gasteiger partial charge in [-0.25, -0.2) is 14.5 Å². The highest BCUT2D eigenvalue weighted by molar-refractivity contribution is 6.77. The number of nitrogens with zero attached hydrogens (tertiary/aromatic N) is 3. The van der Waals surface area contributed by atoms with Crippen molar-refractivity contribution in [2.24, 2.45) is 0 Å². The average molecular weight is 785 g/mol. The Labute approximate surface area is 330 Å². The fraction of sp³-hybridized carbons (Fsp3) is 0.381. The highest BCUT2D eigenvalue weighted by Crippen LogP contribution is 2.43. The number of pyridine rings is 1. The molecule has 11 nitrogen and oxygen atoms in total. The summed E-state index contributed by atoms with van der Waals surface area (Å²) < 4.78 is 19.7. The first kappa shape index (κ1) is 41.4. The van der Waals surface area contributed by atoms with Gasteiger partial charge in [0.2, 0.25) is 8.32 Å². The number of aromatic nitrogens is 3. The van der Waals surface area contributed by atoms with Crippen molar-refractivity contribution >= 4 is 60.0 Å². The molecule has 0 fully saturated rings. The van der Waals surface area contributed by atoms with Gasteiger partial charge >= 0.3 is 6.03 Å². The molecule has 3 amide bonds. The van der Waals surface area contributed by atoms with Crippen LogP contribution in [0.1, 0.15) is 73.6 Å². The predicted octanol–water partition coefficient (Wildman–Crippen LogP) is 11.1. The number of ether oxygens (including phenoxy) is 2. The molecular formula is C42H53ClN6O5Si. The molecular weight excluding hydrogens is 732 g/mol. The van der Waals surface area contributed by atoms with E-state index in [0.29, 0.717) is 62.8 Å². The van der Waals surface area contributed by atoms with Gasteiger partial charge in [-0.1, -0.05) is 104 Å². The number of carbonyl (C=O) groups excluding carboxylic acids is 2. The third-order valence-electron chi connectivity index (χ3n) is 9.82. The minimum Gasteiger partial charge on any atom is -0.457 e. The zero-order chi connectivity index (χ0) is 40.1. The predicted molar refractivity (Wildman–Crippen MR) is 225 cm³/mol. The average Bonchev–Trinajstić information content (AvgIpc) is 3.54. The van der Waals surface area contributed by atoms with Gasteiger partial charge in [0, 0.05) is 46.6 Å². The Bertz CT molecular complexity index is 2120. The van der Waals surface area contributed by atoms with E-state index in [1.165, 1.54) is 7.11 Å². The Balaban J connectivity index is 1.37. The van der Waals surface area contributed by atoms with Gasteiger partial charge in [-0.3, -0.25) is 10.1 Å². The van der Waals surface area contributed by atoms with Crippen molar-refractivity contribution in [3.05, 3.63) is 95.3 Å². The summed E-state index contributed by atoms with van der Waals surface area (Å²) in [5.74, 6) is 1.54. The van der Waals surface area contributed by atoms with E-state index in [-0.39, 0.29) is 17.9 Å². The van der Waals surface area contributed by atoms with Crippen LogP contribution >= 0.6 is 11.6 Å².